The van der Waals surface area contributed by atoms with Crippen LogP contribution >= 0.6 is 11.3 Å². The van der Waals surface area contributed by atoms with Crippen molar-refractivity contribution in [2.45, 2.75) is 39.0 Å². The Labute approximate surface area is 181 Å². The minimum atomic E-state index is -0.374. The quantitative estimate of drug-likeness (QED) is 0.365. The summed E-state index contributed by atoms with van der Waals surface area (Å²) >= 11 is 1.55. The summed E-state index contributed by atoms with van der Waals surface area (Å²) in [5.74, 6) is 1.75. The average molecular weight is 437 g/mol. The van der Waals surface area contributed by atoms with Crippen LogP contribution in [0.4, 0.5) is 5.69 Å². The lowest BCUT2D eigenvalue weighted by molar-refractivity contribution is -0.386. The number of imidazole rings is 2. The van der Waals surface area contributed by atoms with Crippen LogP contribution in [0.25, 0.3) is 10.8 Å². The number of nitrogens with one attached hydrogen (secondary N) is 1. The van der Waals surface area contributed by atoms with Gasteiger partial charge in [0.25, 0.3) is 5.69 Å². The van der Waals surface area contributed by atoms with Gasteiger partial charge < -0.3 is 14.5 Å². The molecule has 31 heavy (non-hydrogen) atoms. The summed E-state index contributed by atoms with van der Waals surface area (Å²) in [6.07, 6.45) is 7.67. The van der Waals surface area contributed by atoms with Gasteiger partial charge in [0, 0.05) is 61.4 Å². The molecular formula is C20H20N8O2S. The minimum Gasteiger partial charge on any atom is -0.330 e. The van der Waals surface area contributed by atoms with E-state index in [4.69, 9.17) is 4.98 Å². The van der Waals surface area contributed by atoms with E-state index in [1.165, 1.54) is 6.07 Å². The van der Waals surface area contributed by atoms with Gasteiger partial charge in [-0.15, -0.1) is 11.3 Å². The topological polar surface area (TPSA) is 117 Å². The molecule has 10 nitrogen and oxygen atoms in total. The van der Waals surface area contributed by atoms with Gasteiger partial charge in [-0.25, -0.2) is 15.0 Å². The van der Waals surface area contributed by atoms with Gasteiger partial charge in [-0.2, -0.15) is 0 Å². The summed E-state index contributed by atoms with van der Waals surface area (Å²) in [6, 6.07) is 2.86. The number of thiazole rings is 1. The van der Waals surface area contributed by atoms with E-state index in [1.807, 2.05) is 16.1 Å². The van der Waals surface area contributed by atoms with E-state index in [1.54, 1.807) is 36.0 Å². The molecule has 4 aromatic rings. The van der Waals surface area contributed by atoms with Crippen LogP contribution < -0.4 is 5.32 Å². The Bertz CT molecular complexity index is 1230. The third-order valence-electron chi connectivity index (χ3n) is 5.46. The molecule has 1 aliphatic heterocycles. The molecule has 11 heteroatoms. The van der Waals surface area contributed by atoms with E-state index in [9.17, 15) is 10.1 Å². The van der Waals surface area contributed by atoms with Gasteiger partial charge in [-0.05, 0) is 13.0 Å². The fraction of sp³-hybridized carbons (Fsp3) is 0.300. The number of fused-ring (bicyclic) bond motifs is 1. The summed E-state index contributed by atoms with van der Waals surface area (Å²) in [4.78, 5) is 29.1. The molecule has 0 saturated carbocycles. The molecule has 0 spiro atoms. The molecule has 0 fully saturated rings. The van der Waals surface area contributed by atoms with E-state index >= 15 is 0 Å². The number of nitrogens with zero attached hydrogens (tertiary/aromatic N) is 7. The van der Waals surface area contributed by atoms with E-state index in [-0.39, 0.29) is 16.7 Å². The highest BCUT2D eigenvalue weighted by atomic mass is 32.1. The van der Waals surface area contributed by atoms with Gasteiger partial charge in [0.05, 0.1) is 23.2 Å². The van der Waals surface area contributed by atoms with Crippen molar-refractivity contribution >= 4 is 17.0 Å². The van der Waals surface area contributed by atoms with Crippen molar-refractivity contribution < 1.29 is 4.92 Å². The van der Waals surface area contributed by atoms with Crippen LogP contribution in [-0.4, -0.2) is 34.0 Å². The predicted molar refractivity (Wildman–Crippen MR) is 115 cm³/mol. The van der Waals surface area contributed by atoms with Crippen LogP contribution in [0.5, 0.6) is 0 Å². The van der Waals surface area contributed by atoms with Gasteiger partial charge in [0.2, 0.25) is 0 Å². The first-order valence-electron chi connectivity index (χ1n) is 9.96. The molecule has 0 amide bonds. The molecule has 4 aromatic heterocycles. The number of aromatic nitrogens is 6. The molecule has 5 rings (SSSR count). The Kier molecular flexibility index (Phi) is 5.04. The molecule has 1 atom stereocenters. The second-order valence-electron chi connectivity index (χ2n) is 7.18. The first-order chi connectivity index (χ1) is 15.2. The molecule has 1 N–H and O–H groups in total. The summed E-state index contributed by atoms with van der Waals surface area (Å²) in [6.45, 7) is 3.96. The molecule has 5 heterocycles. The number of pyridine rings is 1. The molecule has 0 aliphatic carbocycles. The zero-order valence-corrected chi connectivity index (χ0v) is 17.6. The Hall–Kier alpha value is -3.44. The Morgan fingerprint density at radius 1 is 1.29 bits per heavy atom. The molecule has 0 aromatic carbocycles. The molecule has 158 valence electrons. The molecule has 0 radical (unpaired) electrons. The third kappa shape index (κ3) is 3.51. The summed E-state index contributed by atoms with van der Waals surface area (Å²) in [5.41, 5.74) is 2.57. The highest BCUT2D eigenvalue weighted by molar-refractivity contribution is 7.13. The third-order valence-corrected chi connectivity index (χ3v) is 6.23. The van der Waals surface area contributed by atoms with Crippen molar-refractivity contribution in [2.75, 3.05) is 0 Å². The SMILES string of the molecule is CCn1c(Cn2ccnc2-c2nccs2)nc2c1CC(c1ncccc1[N+](=O)[O-])NC2. The maximum absolute atomic E-state index is 11.5. The molecule has 1 unspecified atom stereocenters. The number of nitro groups is 1. The standard InChI is InChI=1S/C20H20N8O2S/c1-2-27-16-10-13(18-15(28(29)30)4-3-5-21-18)24-11-14(16)25-17(27)12-26-8-6-22-19(26)20-23-7-9-31-20/h3-9,13,24H,2,10-12H2,1H3. The number of hydrogen-bond acceptors (Lipinski definition) is 8. The Morgan fingerprint density at radius 3 is 2.97 bits per heavy atom. The number of rotatable bonds is 6. The fourth-order valence-corrected chi connectivity index (χ4v) is 4.74. The fourth-order valence-electron chi connectivity index (χ4n) is 4.09. The van der Waals surface area contributed by atoms with E-state index in [0.717, 1.165) is 34.6 Å². The van der Waals surface area contributed by atoms with Crippen LogP contribution in [-0.2, 0) is 26.1 Å². The minimum absolute atomic E-state index is 0.0396. The zero-order chi connectivity index (χ0) is 21.4. The molecule has 0 bridgehead atoms. The summed E-state index contributed by atoms with van der Waals surface area (Å²) in [7, 11) is 0. The Balaban J connectivity index is 1.46. The van der Waals surface area contributed by atoms with Crippen LogP contribution in [0.3, 0.4) is 0 Å². The summed E-state index contributed by atoms with van der Waals surface area (Å²) < 4.78 is 4.25. The molecule has 0 saturated heterocycles. The van der Waals surface area contributed by atoms with Crippen molar-refractivity contribution in [3.63, 3.8) is 0 Å². The second kappa shape index (κ2) is 8.00. The van der Waals surface area contributed by atoms with Crippen molar-refractivity contribution in [1.82, 2.24) is 34.4 Å². The normalized spacial score (nSPS) is 15.7. The smallest absolute Gasteiger partial charge is 0.292 e. The van der Waals surface area contributed by atoms with E-state index < -0.39 is 0 Å². The maximum atomic E-state index is 11.5. The van der Waals surface area contributed by atoms with Crippen molar-refractivity contribution in [3.05, 3.63) is 75.3 Å². The van der Waals surface area contributed by atoms with Crippen LogP contribution in [0, 0.1) is 10.1 Å². The lowest BCUT2D eigenvalue weighted by atomic mass is 10.0. The first-order valence-corrected chi connectivity index (χ1v) is 10.8. The van der Waals surface area contributed by atoms with E-state index in [0.29, 0.717) is 25.2 Å². The van der Waals surface area contributed by atoms with E-state index in [2.05, 4.69) is 31.8 Å². The Morgan fingerprint density at radius 2 is 2.19 bits per heavy atom. The zero-order valence-electron chi connectivity index (χ0n) is 16.8. The predicted octanol–water partition coefficient (Wildman–Crippen LogP) is 2.96. The largest absolute Gasteiger partial charge is 0.330 e. The van der Waals surface area contributed by atoms with Crippen LogP contribution in [0.2, 0.25) is 0 Å². The van der Waals surface area contributed by atoms with Crippen LogP contribution in [0.15, 0.2) is 42.3 Å². The second-order valence-corrected chi connectivity index (χ2v) is 8.08. The molecular weight excluding hydrogens is 416 g/mol. The summed E-state index contributed by atoms with van der Waals surface area (Å²) in [5, 5.41) is 17.6. The van der Waals surface area contributed by atoms with Gasteiger partial charge in [-0.3, -0.25) is 15.1 Å². The van der Waals surface area contributed by atoms with Crippen molar-refractivity contribution in [1.29, 1.82) is 0 Å². The van der Waals surface area contributed by atoms with Crippen molar-refractivity contribution in [2.24, 2.45) is 0 Å². The van der Waals surface area contributed by atoms with Crippen LogP contribution in [0.1, 0.15) is 35.9 Å². The number of hydrogen-bond donors (Lipinski definition) is 1. The van der Waals surface area contributed by atoms with Gasteiger partial charge in [0.15, 0.2) is 10.8 Å². The average Bonchev–Trinajstić information content (AvgIpc) is 3.53. The van der Waals surface area contributed by atoms with Gasteiger partial charge in [0.1, 0.15) is 11.5 Å². The monoisotopic (exact) mass is 436 g/mol. The van der Waals surface area contributed by atoms with Gasteiger partial charge >= 0.3 is 0 Å². The lowest BCUT2D eigenvalue weighted by Crippen LogP contribution is -2.30. The van der Waals surface area contributed by atoms with Gasteiger partial charge in [-0.1, -0.05) is 0 Å². The maximum Gasteiger partial charge on any atom is 0.292 e. The highest BCUT2D eigenvalue weighted by Crippen LogP contribution is 2.31. The lowest BCUT2D eigenvalue weighted by Gasteiger charge is -2.24. The molecule has 1 aliphatic rings. The highest BCUT2D eigenvalue weighted by Gasteiger charge is 2.30. The first kappa shape index (κ1) is 19.5. The van der Waals surface area contributed by atoms with Crippen molar-refractivity contribution in [3.8, 4) is 10.8 Å².